The Morgan fingerprint density at radius 3 is 2.56 bits per heavy atom. The van der Waals surface area contributed by atoms with Gasteiger partial charge in [-0.3, -0.25) is 9.78 Å². The number of nitrogens with one attached hydrogen (secondary N) is 1. The lowest BCUT2D eigenvalue weighted by Crippen LogP contribution is -2.45. The standard InChI is InChI=1S/C20H22ClN3O3/c21-16-3-1-15(2-4-16)14-23-19(25)18-13-17(5-8-22-18)24-9-6-20(7-10-24)26-11-12-27-20/h1-5,8,13H,6-7,9-12,14H2,(H,23,25). The molecule has 2 aliphatic rings. The Bertz CT molecular complexity index is 796. The van der Waals surface area contributed by atoms with Gasteiger partial charge in [0.25, 0.3) is 5.91 Å². The third kappa shape index (κ3) is 4.24. The van der Waals surface area contributed by atoms with Crippen LogP contribution in [0.3, 0.4) is 0 Å². The van der Waals surface area contributed by atoms with Crippen LogP contribution in [0.1, 0.15) is 28.9 Å². The molecule has 2 aromatic rings. The number of hydrogen-bond donors (Lipinski definition) is 1. The second-order valence-electron chi connectivity index (χ2n) is 6.80. The van der Waals surface area contributed by atoms with Gasteiger partial charge in [0, 0.05) is 49.4 Å². The highest BCUT2D eigenvalue weighted by molar-refractivity contribution is 6.30. The third-order valence-electron chi connectivity index (χ3n) is 5.05. The Morgan fingerprint density at radius 2 is 1.85 bits per heavy atom. The number of piperidine rings is 1. The SMILES string of the molecule is O=C(NCc1ccc(Cl)cc1)c1cc(N2CCC3(CC2)OCCO3)ccn1. The van der Waals surface area contributed by atoms with E-state index in [0.717, 1.165) is 37.2 Å². The van der Waals surface area contributed by atoms with Gasteiger partial charge in [-0.1, -0.05) is 23.7 Å². The van der Waals surface area contributed by atoms with Crippen LogP contribution in [0.25, 0.3) is 0 Å². The number of carbonyl (C=O) groups excluding carboxylic acids is 1. The average molecular weight is 388 g/mol. The lowest BCUT2D eigenvalue weighted by atomic mass is 10.0. The number of pyridine rings is 1. The average Bonchev–Trinajstić information content (AvgIpc) is 3.16. The van der Waals surface area contributed by atoms with Crippen LogP contribution in [0, 0.1) is 0 Å². The molecule has 0 saturated carbocycles. The van der Waals surface area contributed by atoms with Crippen molar-refractivity contribution in [2.45, 2.75) is 25.2 Å². The minimum absolute atomic E-state index is 0.192. The molecule has 0 unspecified atom stereocenters. The molecule has 1 spiro atoms. The van der Waals surface area contributed by atoms with Gasteiger partial charge in [0.2, 0.25) is 0 Å². The van der Waals surface area contributed by atoms with Gasteiger partial charge < -0.3 is 19.7 Å². The van der Waals surface area contributed by atoms with E-state index >= 15 is 0 Å². The van der Waals surface area contributed by atoms with E-state index in [1.807, 2.05) is 36.4 Å². The summed E-state index contributed by atoms with van der Waals surface area (Å²) in [4.78, 5) is 18.9. The molecule has 27 heavy (non-hydrogen) atoms. The largest absolute Gasteiger partial charge is 0.371 e. The summed E-state index contributed by atoms with van der Waals surface area (Å²) < 4.78 is 11.6. The first-order chi connectivity index (χ1) is 13.1. The Morgan fingerprint density at radius 1 is 1.15 bits per heavy atom. The molecule has 7 heteroatoms. The molecular formula is C20H22ClN3O3. The molecule has 0 atom stereocenters. The lowest BCUT2D eigenvalue weighted by molar-refractivity contribution is -0.169. The Hall–Kier alpha value is -2.15. The zero-order chi connectivity index (χ0) is 18.7. The number of nitrogens with zero attached hydrogens (tertiary/aromatic N) is 2. The second kappa shape index (κ2) is 7.84. The van der Waals surface area contributed by atoms with Crippen LogP contribution in [0.5, 0.6) is 0 Å². The third-order valence-corrected chi connectivity index (χ3v) is 5.30. The van der Waals surface area contributed by atoms with Crippen LogP contribution >= 0.6 is 11.6 Å². The van der Waals surface area contributed by atoms with Crippen LogP contribution in [0.15, 0.2) is 42.6 Å². The first-order valence-corrected chi connectivity index (χ1v) is 9.53. The van der Waals surface area contributed by atoms with Gasteiger partial charge in [0.1, 0.15) is 5.69 Å². The monoisotopic (exact) mass is 387 g/mol. The molecule has 2 aliphatic heterocycles. The van der Waals surface area contributed by atoms with Gasteiger partial charge >= 0.3 is 0 Å². The molecule has 4 rings (SSSR count). The number of ether oxygens (including phenoxy) is 2. The maximum absolute atomic E-state index is 12.5. The van der Waals surface area contributed by atoms with Crippen molar-refractivity contribution in [2.24, 2.45) is 0 Å². The van der Waals surface area contributed by atoms with Crippen molar-refractivity contribution in [3.8, 4) is 0 Å². The molecular weight excluding hydrogens is 366 g/mol. The molecule has 6 nitrogen and oxygen atoms in total. The van der Waals surface area contributed by atoms with Crippen molar-refractivity contribution in [3.05, 3.63) is 58.9 Å². The van der Waals surface area contributed by atoms with Crippen LogP contribution in [-0.4, -0.2) is 43.0 Å². The summed E-state index contributed by atoms with van der Waals surface area (Å²) in [5.41, 5.74) is 2.39. The van der Waals surface area contributed by atoms with Gasteiger partial charge in [-0.05, 0) is 29.8 Å². The van der Waals surface area contributed by atoms with E-state index in [4.69, 9.17) is 21.1 Å². The molecule has 1 amide bonds. The molecule has 3 heterocycles. The van der Waals surface area contributed by atoms with E-state index in [9.17, 15) is 4.79 Å². The smallest absolute Gasteiger partial charge is 0.270 e. The van der Waals surface area contributed by atoms with E-state index in [-0.39, 0.29) is 5.91 Å². The van der Waals surface area contributed by atoms with Crippen molar-refractivity contribution in [3.63, 3.8) is 0 Å². The quantitative estimate of drug-likeness (QED) is 0.873. The fourth-order valence-electron chi connectivity index (χ4n) is 3.51. The summed E-state index contributed by atoms with van der Waals surface area (Å²) in [6.45, 7) is 3.44. The van der Waals surface area contributed by atoms with Gasteiger partial charge in [0.05, 0.1) is 13.2 Å². The molecule has 2 saturated heterocycles. The predicted octanol–water partition coefficient (Wildman–Crippen LogP) is 3.01. The first-order valence-electron chi connectivity index (χ1n) is 9.15. The minimum atomic E-state index is -0.400. The molecule has 1 aromatic heterocycles. The van der Waals surface area contributed by atoms with E-state index in [1.165, 1.54) is 0 Å². The van der Waals surface area contributed by atoms with Crippen molar-refractivity contribution < 1.29 is 14.3 Å². The minimum Gasteiger partial charge on any atom is -0.371 e. The number of rotatable bonds is 4. The molecule has 0 bridgehead atoms. The van der Waals surface area contributed by atoms with Crippen molar-refractivity contribution in [1.29, 1.82) is 0 Å². The predicted molar refractivity (Wildman–Crippen MR) is 103 cm³/mol. The second-order valence-corrected chi connectivity index (χ2v) is 7.24. The van der Waals surface area contributed by atoms with Gasteiger partial charge in [0.15, 0.2) is 5.79 Å². The van der Waals surface area contributed by atoms with Crippen LogP contribution in [-0.2, 0) is 16.0 Å². The first kappa shape index (κ1) is 18.2. The topological polar surface area (TPSA) is 63.7 Å². The highest BCUT2D eigenvalue weighted by Crippen LogP contribution is 2.33. The highest BCUT2D eigenvalue weighted by atomic mass is 35.5. The Balaban J connectivity index is 1.37. The summed E-state index contributed by atoms with van der Waals surface area (Å²) in [6.07, 6.45) is 3.33. The maximum Gasteiger partial charge on any atom is 0.270 e. The van der Waals surface area contributed by atoms with Crippen molar-refractivity contribution in [2.75, 3.05) is 31.2 Å². The summed E-state index contributed by atoms with van der Waals surface area (Å²) >= 11 is 5.88. The zero-order valence-electron chi connectivity index (χ0n) is 15.0. The molecule has 1 N–H and O–H groups in total. The van der Waals surface area contributed by atoms with Crippen LogP contribution < -0.4 is 10.2 Å². The molecule has 2 fully saturated rings. The normalized spacial score (nSPS) is 18.6. The van der Waals surface area contributed by atoms with Gasteiger partial charge in [-0.15, -0.1) is 0 Å². The van der Waals surface area contributed by atoms with E-state index in [1.54, 1.807) is 6.20 Å². The number of hydrogen-bond acceptors (Lipinski definition) is 5. The molecule has 142 valence electrons. The molecule has 1 aromatic carbocycles. The van der Waals surface area contributed by atoms with Crippen LogP contribution in [0.4, 0.5) is 5.69 Å². The zero-order valence-corrected chi connectivity index (χ0v) is 15.7. The summed E-state index contributed by atoms with van der Waals surface area (Å²) in [5.74, 6) is -0.592. The van der Waals surface area contributed by atoms with E-state index < -0.39 is 5.79 Å². The molecule has 0 aliphatic carbocycles. The number of halogens is 1. The maximum atomic E-state index is 12.5. The fourth-order valence-corrected chi connectivity index (χ4v) is 3.63. The number of anilines is 1. The number of amides is 1. The Kier molecular flexibility index (Phi) is 5.29. The van der Waals surface area contributed by atoms with Gasteiger partial charge in [-0.2, -0.15) is 0 Å². The lowest BCUT2D eigenvalue weighted by Gasteiger charge is -2.38. The van der Waals surface area contributed by atoms with E-state index in [2.05, 4.69) is 15.2 Å². The highest BCUT2D eigenvalue weighted by Gasteiger charge is 2.39. The fraction of sp³-hybridized carbons (Fsp3) is 0.400. The number of benzene rings is 1. The molecule has 0 radical (unpaired) electrons. The summed E-state index contributed by atoms with van der Waals surface area (Å²) in [6, 6.07) is 11.2. The Labute approximate surface area is 163 Å². The van der Waals surface area contributed by atoms with Gasteiger partial charge in [-0.25, -0.2) is 0 Å². The summed E-state index contributed by atoms with van der Waals surface area (Å²) in [5, 5.41) is 3.58. The van der Waals surface area contributed by atoms with Crippen molar-refractivity contribution >= 4 is 23.2 Å². The van der Waals surface area contributed by atoms with Crippen LogP contribution in [0.2, 0.25) is 5.02 Å². The summed E-state index contributed by atoms with van der Waals surface area (Å²) in [7, 11) is 0. The van der Waals surface area contributed by atoms with Crippen molar-refractivity contribution in [1.82, 2.24) is 10.3 Å². The number of carbonyl (C=O) groups is 1. The van der Waals surface area contributed by atoms with E-state index in [0.29, 0.717) is 30.5 Å². The number of aromatic nitrogens is 1.